The first-order valence-corrected chi connectivity index (χ1v) is 5.83. The smallest absolute Gasteiger partial charge is 0.194 e. The lowest BCUT2D eigenvalue weighted by molar-refractivity contribution is 0.408. The Bertz CT molecular complexity index is 429. The molecular formula is C13H19N3O. The molecule has 0 spiro atoms. The first-order chi connectivity index (χ1) is 8.20. The van der Waals surface area contributed by atoms with E-state index in [2.05, 4.69) is 40.3 Å². The van der Waals surface area contributed by atoms with Crippen LogP contribution < -0.4 is 10.1 Å². The monoisotopic (exact) mass is 233 g/mol. The van der Waals surface area contributed by atoms with Gasteiger partial charge in [0.15, 0.2) is 5.96 Å². The third kappa shape index (κ3) is 2.70. The maximum atomic E-state index is 5.37. The Morgan fingerprint density at radius 3 is 2.94 bits per heavy atom. The minimum atomic E-state index is 0.743. The number of methoxy groups -OCH3 is 1. The molecule has 0 fully saturated rings. The van der Waals surface area contributed by atoms with Gasteiger partial charge in [-0.25, -0.2) is 0 Å². The summed E-state index contributed by atoms with van der Waals surface area (Å²) in [4.78, 5) is 6.52. The van der Waals surface area contributed by atoms with E-state index in [1.807, 2.05) is 7.05 Å². The fourth-order valence-electron chi connectivity index (χ4n) is 1.90. The summed E-state index contributed by atoms with van der Waals surface area (Å²) in [6.07, 6.45) is 0. The summed E-state index contributed by atoms with van der Waals surface area (Å²) in [6, 6.07) is 6.24. The lowest BCUT2D eigenvalue weighted by atomic mass is 10.1. The van der Waals surface area contributed by atoms with Crippen molar-refractivity contribution in [2.24, 2.45) is 4.99 Å². The van der Waals surface area contributed by atoms with E-state index in [1.54, 1.807) is 7.11 Å². The average Bonchev–Trinajstić information content (AvgIpc) is 2.73. The summed E-state index contributed by atoms with van der Waals surface area (Å²) in [5, 5.41) is 3.34. The first-order valence-electron chi connectivity index (χ1n) is 5.83. The molecule has 17 heavy (non-hydrogen) atoms. The van der Waals surface area contributed by atoms with Gasteiger partial charge in [-0.05, 0) is 18.6 Å². The van der Waals surface area contributed by atoms with Gasteiger partial charge in [-0.3, -0.25) is 4.99 Å². The van der Waals surface area contributed by atoms with E-state index in [0.717, 1.165) is 36.9 Å². The minimum Gasteiger partial charge on any atom is -0.496 e. The highest BCUT2D eigenvalue weighted by atomic mass is 16.5. The van der Waals surface area contributed by atoms with E-state index in [0.29, 0.717) is 0 Å². The highest BCUT2D eigenvalue weighted by Crippen LogP contribution is 2.19. The Kier molecular flexibility index (Phi) is 3.52. The number of aliphatic imine (C=N–C) groups is 1. The zero-order chi connectivity index (χ0) is 12.3. The van der Waals surface area contributed by atoms with Crippen LogP contribution in [0, 0.1) is 6.92 Å². The molecule has 0 unspecified atom stereocenters. The molecule has 0 saturated carbocycles. The van der Waals surface area contributed by atoms with Gasteiger partial charge in [0.05, 0.1) is 13.7 Å². The zero-order valence-corrected chi connectivity index (χ0v) is 10.7. The fourth-order valence-corrected chi connectivity index (χ4v) is 1.90. The van der Waals surface area contributed by atoms with Crippen LogP contribution in [0.1, 0.15) is 11.1 Å². The molecule has 0 radical (unpaired) electrons. The summed E-state index contributed by atoms with van der Waals surface area (Å²) >= 11 is 0. The molecule has 1 aliphatic heterocycles. The number of rotatable bonds is 3. The second-order valence-corrected chi connectivity index (χ2v) is 4.30. The third-order valence-corrected chi connectivity index (χ3v) is 2.94. The van der Waals surface area contributed by atoms with Gasteiger partial charge in [-0.1, -0.05) is 12.1 Å². The second kappa shape index (κ2) is 5.08. The molecule has 1 heterocycles. The van der Waals surface area contributed by atoms with Crippen molar-refractivity contribution in [1.29, 1.82) is 0 Å². The Morgan fingerprint density at radius 2 is 2.29 bits per heavy atom. The highest BCUT2D eigenvalue weighted by Gasteiger charge is 2.12. The predicted octanol–water partition coefficient (Wildman–Crippen LogP) is 1.39. The van der Waals surface area contributed by atoms with Gasteiger partial charge in [-0.2, -0.15) is 0 Å². The Labute approximate surface area is 102 Å². The number of hydrogen-bond donors (Lipinski definition) is 1. The summed E-state index contributed by atoms with van der Waals surface area (Å²) in [6.45, 7) is 4.68. The van der Waals surface area contributed by atoms with Crippen LogP contribution >= 0.6 is 0 Å². The van der Waals surface area contributed by atoms with Gasteiger partial charge in [0.2, 0.25) is 0 Å². The van der Waals surface area contributed by atoms with Crippen molar-refractivity contribution in [3.63, 3.8) is 0 Å². The van der Waals surface area contributed by atoms with Crippen molar-refractivity contribution in [2.75, 3.05) is 27.2 Å². The number of benzene rings is 1. The highest BCUT2D eigenvalue weighted by molar-refractivity contribution is 5.81. The van der Waals surface area contributed by atoms with Gasteiger partial charge in [0, 0.05) is 25.7 Å². The van der Waals surface area contributed by atoms with E-state index in [9.17, 15) is 0 Å². The van der Waals surface area contributed by atoms with Crippen molar-refractivity contribution in [3.05, 3.63) is 29.3 Å². The standard InChI is InChI=1S/C13H19N3O/c1-10-4-5-11(12(8-10)17-3)9-15-13-14-6-7-16(13)2/h4-5,8H,6-7,9H2,1-3H3,(H,14,15). The van der Waals surface area contributed by atoms with E-state index in [4.69, 9.17) is 4.74 Å². The zero-order valence-electron chi connectivity index (χ0n) is 10.7. The summed E-state index contributed by atoms with van der Waals surface area (Å²) < 4.78 is 5.37. The number of ether oxygens (including phenoxy) is 1. The average molecular weight is 233 g/mol. The van der Waals surface area contributed by atoms with Crippen molar-refractivity contribution < 1.29 is 4.74 Å². The van der Waals surface area contributed by atoms with Gasteiger partial charge in [-0.15, -0.1) is 0 Å². The Morgan fingerprint density at radius 1 is 1.47 bits per heavy atom. The SMILES string of the molecule is COc1cc(C)ccc1CNC1=NCCN1C. The molecule has 92 valence electrons. The third-order valence-electron chi connectivity index (χ3n) is 2.94. The molecule has 0 bridgehead atoms. The van der Waals surface area contributed by atoms with Gasteiger partial charge in [0.1, 0.15) is 5.75 Å². The van der Waals surface area contributed by atoms with Gasteiger partial charge in [0.25, 0.3) is 0 Å². The van der Waals surface area contributed by atoms with Crippen molar-refractivity contribution in [1.82, 2.24) is 10.2 Å². The van der Waals surface area contributed by atoms with Crippen LogP contribution in [0.15, 0.2) is 23.2 Å². The van der Waals surface area contributed by atoms with Gasteiger partial charge >= 0.3 is 0 Å². The number of aryl methyl sites for hydroxylation is 1. The maximum absolute atomic E-state index is 5.37. The number of hydrogen-bond acceptors (Lipinski definition) is 4. The second-order valence-electron chi connectivity index (χ2n) is 4.30. The van der Waals surface area contributed by atoms with Crippen LogP contribution in [0.5, 0.6) is 5.75 Å². The van der Waals surface area contributed by atoms with Crippen molar-refractivity contribution >= 4 is 5.96 Å². The quantitative estimate of drug-likeness (QED) is 0.857. The largest absolute Gasteiger partial charge is 0.496 e. The number of nitrogens with zero attached hydrogens (tertiary/aromatic N) is 2. The maximum Gasteiger partial charge on any atom is 0.194 e. The van der Waals surface area contributed by atoms with Crippen LogP contribution in [0.3, 0.4) is 0 Å². The first kappa shape index (κ1) is 11.8. The van der Waals surface area contributed by atoms with Gasteiger partial charge < -0.3 is 15.0 Å². The summed E-state index contributed by atoms with van der Waals surface area (Å²) in [5.74, 6) is 1.89. The molecule has 1 aromatic carbocycles. The topological polar surface area (TPSA) is 36.9 Å². The Balaban J connectivity index is 2.03. The van der Waals surface area contributed by atoms with Crippen LogP contribution in [0.25, 0.3) is 0 Å². The minimum absolute atomic E-state index is 0.743. The summed E-state index contributed by atoms with van der Waals surface area (Å²) in [5.41, 5.74) is 2.36. The molecule has 1 N–H and O–H groups in total. The van der Waals surface area contributed by atoms with E-state index >= 15 is 0 Å². The van der Waals surface area contributed by atoms with E-state index < -0.39 is 0 Å². The van der Waals surface area contributed by atoms with Crippen molar-refractivity contribution in [2.45, 2.75) is 13.5 Å². The molecule has 0 amide bonds. The fraction of sp³-hybridized carbons (Fsp3) is 0.462. The molecule has 0 aliphatic carbocycles. The number of nitrogens with one attached hydrogen (secondary N) is 1. The Hall–Kier alpha value is -1.71. The van der Waals surface area contributed by atoms with Crippen LogP contribution in [-0.2, 0) is 6.54 Å². The molecule has 1 aliphatic rings. The van der Waals surface area contributed by atoms with Crippen LogP contribution in [0.2, 0.25) is 0 Å². The molecule has 1 aromatic rings. The molecule has 4 heteroatoms. The molecule has 0 saturated heterocycles. The molecule has 2 rings (SSSR count). The predicted molar refractivity (Wildman–Crippen MR) is 69.5 cm³/mol. The van der Waals surface area contributed by atoms with Crippen molar-refractivity contribution in [3.8, 4) is 5.75 Å². The van der Waals surface area contributed by atoms with Crippen LogP contribution in [0.4, 0.5) is 0 Å². The molecular weight excluding hydrogens is 214 g/mol. The summed E-state index contributed by atoms with van der Waals surface area (Å²) in [7, 11) is 3.75. The molecule has 4 nitrogen and oxygen atoms in total. The lowest BCUT2D eigenvalue weighted by Crippen LogP contribution is -2.35. The van der Waals surface area contributed by atoms with E-state index in [1.165, 1.54) is 5.56 Å². The lowest BCUT2D eigenvalue weighted by Gasteiger charge is -2.16. The molecule has 0 atom stereocenters. The normalized spacial score (nSPS) is 14.8. The van der Waals surface area contributed by atoms with E-state index in [-0.39, 0.29) is 0 Å². The molecule has 0 aromatic heterocycles. The number of likely N-dealkylation sites (N-methyl/N-ethyl adjacent to an activating group) is 1. The van der Waals surface area contributed by atoms with Crippen LogP contribution in [-0.4, -0.2) is 38.1 Å². The number of guanidine groups is 1.